The lowest BCUT2D eigenvalue weighted by molar-refractivity contribution is -0.145. The Morgan fingerprint density at radius 3 is 2.27 bits per heavy atom. The van der Waals surface area contributed by atoms with Crippen molar-refractivity contribution in [3.63, 3.8) is 0 Å². The number of benzene rings is 1. The highest BCUT2D eigenvalue weighted by Crippen LogP contribution is 2.35. The number of methoxy groups -OCH3 is 1. The van der Waals surface area contributed by atoms with Crippen LogP contribution in [0, 0.1) is 5.92 Å². The Morgan fingerprint density at radius 2 is 1.69 bits per heavy atom. The summed E-state index contributed by atoms with van der Waals surface area (Å²) in [6, 6.07) is 8.69. The summed E-state index contributed by atoms with van der Waals surface area (Å²) < 4.78 is 34.9. The molecule has 1 aromatic carbocycles. The SMILES string of the molecule is CCC(=O)N[C@@H](C(=O)N1CCN(C)CC1)[C@@H](C)c1ccc(NC(=O)[C@@H]([Si]NC(=O)C(F)(F)c2ccc(OC)nc2)C2CCCCC2)cc1. The van der Waals surface area contributed by atoms with E-state index in [1.807, 2.05) is 26.1 Å². The summed E-state index contributed by atoms with van der Waals surface area (Å²) in [4.78, 5) is 62.3. The summed E-state index contributed by atoms with van der Waals surface area (Å²) >= 11 is 0. The molecule has 1 aliphatic heterocycles. The van der Waals surface area contributed by atoms with Crippen LogP contribution in [0.3, 0.4) is 0 Å². The van der Waals surface area contributed by atoms with Gasteiger partial charge in [-0.15, -0.1) is 0 Å². The van der Waals surface area contributed by atoms with Crippen LogP contribution in [0.15, 0.2) is 42.6 Å². The summed E-state index contributed by atoms with van der Waals surface area (Å²) in [5.74, 6) is -6.27. The van der Waals surface area contributed by atoms with Crippen LogP contribution in [0.2, 0.25) is 5.54 Å². The Hall–Kier alpha value is -3.91. The summed E-state index contributed by atoms with van der Waals surface area (Å²) in [6.45, 7) is 6.33. The third-order valence-electron chi connectivity index (χ3n) is 9.26. The molecule has 2 aromatic rings. The Labute approximate surface area is 283 Å². The number of alkyl halides is 2. The highest BCUT2D eigenvalue weighted by molar-refractivity contribution is 6.46. The van der Waals surface area contributed by atoms with Gasteiger partial charge in [0.15, 0.2) is 9.68 Å². The van der Waals surface area contributed by atoms with E-state index in [9.17, 15) is 19.2 Å². The van der Waals surface area contributed by atoms with Crippen molar-refractivity contribution in [1.29, 1.82) is 0 Å². The van der Waals surface area contributed by atoms with Gasteiger partial charge in [0, 0.05) is 62.0 Å². The van der Waals surface area contributed by atoms with Crippen molar-refractivity contribution in [2.45, 2.75) is 75.8 Å². The van der Waals surface area contributed by atoms with Crippen LogP contribution in [0.5, 0.6) is 5.88 Å². The molecule has 0 spiro atoms. The molecule has 2 fully saturated rings. The summed E-state index contributed by atoms with van der Waals surface area (Å²) in [5, 5.41) is 5.83. The molecule has 48 heavy (non-hydrogen) atoms. The first-order valence-electron chi connectivity index (χ1n) is 16.6. The fraction of sp³-hybridized carbons (Fsp3) is 0.559. The van der Waals surface area contributed by atoms with Crippen molar-refractivity contribution in [2.75, 3.05) is 45.7 Å². The molecule has 1 aromatic heterocycles. The molecule has 260 valence electrons. The van der Waals surface area contributed by atoms with E-state index in [-0.39, 0.29) is 41.9 Å². The maximum atomic E-state index is 15.0. The maximum Gasteiger partial charge on any atom is 0.350 e. The van der Waals surface area contributed by atoms with Crippen LogP contribution in [0.1, 0.15) is 69.4 Å². The molecule has 1 aliphatic carbocycles. The Morgan fingerprint density at radius 1 is 1.02 bits per heavy atom. The molecule has 2 radical (unpaired) electrons. The number of halogens is 2. The van der Waals surface area contributed by atoms with E-state index in [4.69, 9.17) is 4.74 Å². The van der Waals surface area contributed by atoms with Crippen LogP contribution < -0.4 is 20.4 Å². The average Bonchev–Trinajstić information content (AvgIpc) is 3.11. The number of pyridine rings is 1. The fourth-order valence-corrected chi connectivity index (χ4v) is 7.30. The maximum absolute atomic E-state index is 15.0. The quantitative estimate of drug-likeness (QED) is 0.274. The van der Waals surface area contributed by atoms with Crippen molar-refractivity contribution in [3.8, 4) is 5.88 Å². The van der Waals surface area contributed by atoms with E-state index >= 15 is 8.78 Å². The lowest BCUT2D eigenvalue weighted by Crippen LogP contribution is -2.55. The van der Waals surface area contributed by atoms with Gasteiger partial charge >= 0.3 is 5.92 Å². The Balaban J connectivity index is 1.44. The zero-order chi connectivity index (χ0) is 34.8. The minimum atomic E-state index is -3.84. The number of amides is 4. The van der Waals surface area contributed by atoms with Crippen LogP contribution in [-0.2, 0) is 25.1 Å². The first-order valence-corrected chi connectivity index (χ1v) is 17.6. The predicted molar refractivity (Wildman–Crippen MR) is 179 cm³/mol. The zero-order valence-corrected chi connectivity index (χ0v) is 29.1. The molecule has 2 heterocycles. The molecule has 2 aliphatic rings. The van der Waals surface area contributed by atoms with E-state index < -0.39 is 38.7 Å². The van der Waals surface area contributed by atoms with Gasteiger partial charge in [-0.05, 0) is 49.6 Å². The fourth-order valence-electron chi connectivity index (χ4n) is 6.09. The van der Waals surface area contributed by atoms with Crippen molar-refractivity contribution >= 4 is 39.0 Å². The molecular weight excluding hydrogens is 638 g/mol. The average molecular weight is 685 g/mol. The number of hydrogen-bond acceptors (Lipinski definition) is 7. The monoisotopic (exact) mass is 684 g/mol. The number of hydrogen-bond donors (Lipinski definition) is 3. The molecule has 0 unspecified atom stereocenters. The minimum absolute atomic E-state index is 0.0588. The largest absolute Gasteiger partial charge is 0.481 e. The number of carbonyl (C=O) groups is 4. The van der Waals surface area contributed by atoms with E-state index in [2.05, 4.69) is 25.5 Å². The van der Waals surface area contributed by atoms with Crippen molar-refractivity contribution in [3.05, 3.63) is 53.7 Å². The number of likely N-dealkylation sites (N-methyl/N-ethyl adjacent to an activating group) is 1. The smallest absolute Gasteiger partial charge is 0.350 e. The Bertz CT molecular complexity index is 1400. The molecular formula is C34H46F2N6O5Si. The van der Waals surface area contributed by atoms with Crippen LogP contribution in [-0.4, -0.2) is 94.5 Å². The molecule has 11 nitrogen and oxygen atoms in total. The number of nitrogens with one attached hydrogen (secondary N) is 3. The van der Waals surface area contributed by atoms with Crippen LogP contribution in [0.25, 0.3) is 0 Å². The second-order valence-corrected chi connectivity index (χ2v) is 13.7. The Kier molecular flexibility index (Phi) is 13.0. The number of rotatable bonds is 13. The van der Waals surface area contributed by atoms with Crippen molar-refractivity contribution in [2.24, 2.45) is 5.92 Å². The number of nitrogens with zero attached hydrogens (tertiary/aromatic N) is 3. The van der Waals surface area contributed by atoms with Gasteiger partial charge in [0.1, 0.15) is 6.04 Å². The molecule has 1 saturated heterocycles. The summed E-state index contributed by atoms with van der Waals surface area (Å²) in [7, 11) is 2.82. The third-order valence-corrected chi connectivity index (χ3v) is 10.7. The topological polar surface area (TPSA) is 133 Å². The molecule has 3 atom stereocenters. The minimum Gasteiger partial charge on any atom is -0.481 e. The molecule has 3 N–H and O–H groups in total. The van der Waals surface area contributed by atoms with E-state index in [1.54, 1.807) is 24.0 Å². The molecule has 14 heteroatoms. The van der Waals surface area contributed by atoms with E-state index in [0.717, 1.165) is 63.0 Å². The normalized spacial score (nSPS) is 17.9. The molecule has 1 saturated carbocycles. The lowest BCUT2D eigenvalue weighted by atomic mass is 9.86. The van der Waals surface area contributed by atoms with Crippen LogP contribution >= 0.6 is 0 Å². The van der Waals surface area contributed by atoms with E-state index in [0.29, 0.717) is 18.8 Å². The van der Waals surface area contributed by atoms with Crippen molar-refractivity contribution < 1.29 is 32.7 Å². The predicted octanol–water partition coefficient (Wildman–Crippen LogP) is 3.70. The first-order chi connectivity index (χ1) is 22.9. The second-order valence-electron chi connectivity index (χ2n) is 12.6. The highest BCUT2D eigenvalue weighted by atomic mass is 28.2. The first kappa shape index (κ1) is 36.9. The van der Waals surface area contributed by atoms with Gasteiger partial charge in [-0.1, -0.05) is 45.2 Å². The third kappa shape index (κ3) is 9.37. The van der Waals surface area contributed by atoms with Gasteiger partial charge in [0.05, 0.1) is 12.7 Å². The van der Waals surface area contributed by atoms with Crippen LogP contribution in [0.4, 0.5) is 14.5 Å². The van der Waals surface area contributed by atoms with Gasteiger partial charge < -0.3 is 30.2 Å². The summed E-state index contributed by atoms with van der Waals surface area (Å²) in [5.41, 5.74) is 0.0555. The number of anilines is 1. The van der Waals surface area contributed by atoms with Gasteiger partial charge in [-0.25, -0.2) is 4.98 Å². The van der Waals surface area contributed by atoms with Crippen molar-refractivity contribution in [1.82, 2.24) is 25.1 Å². The van der Waals surface area contributed by atoms with Gasteiger partial charge in [0.25, 0.3) is 5.91 Å². The summed E-state index contributed by atoms with van der Waals surface area (Å²) in [6.07, 6.45) is 5.58. The zero-order valence-electron chi connectivity index (χ0n) is 28.1. The molecule has 0 bridgehead atoms. The van der Waals surface area contributed by atoms with Gasteiger partial charge in [-0.2, -0.15) is 8.78 Å². The standard InChI is InChI=1S/C34H46F2N6O5Si/c1-5-27(43)39-29(32(45)42-19-17-41(3)18-20-42)22(2)23-11-14-26(15-12-23)38-31(44)30(24-9-7-6-8-10-24)48-40-33(46)34(35,36)25-13-16-28(47-4)37-21-25/h11-16,21-22,24,29-30H,5-10,17-20H2,1-4H3,(H,38,44)(H,39,43)(H,40,46)/t22-,29+,30-/m0/s1. The number of aromatic nitrogens is 1. The highest BCUT2D eigenvalue weighted by Gasteiger charge is 2.42. The second kappa shape index (κ2) is 17.0. The number of ether oxygens (including phenoxy) is 1. The number of carbonyl (C=O) groups excluding carboxylic acids is 4. The molecule has 4 rings (SSSR count). The van der Waals surface area contributed by atoms with Gasteiger partial charge in [0.2, 0.25) is 23.6 Å². The lowest BCUT2D eigenvalue weighted by Gasteiger charge is -2.36. The van der Waals surface area contributed by atoms with Gasteiger partial charge in [-0.3, -0.25) is 19.2 Å². The molecule has 4 amide bonds. The van der Waals surface area contributed by atoms with E-state index in [1.165, 1.54) is 13.2 Å². The number of piperazine rings is 1.